The van der Waals surface area contributed by atoms with Crippen molar-refractivity contribution >= 4 is 23.2 Å². The third-order valence-electron chi connectivity index (χ3n) is 3.89. The second-order valence-corrected chi connectivity index (χ2v) is 6.27. The molecule has 0 atom stereocenters. The summed E-state index contributed by atoms with van der Waals surface area (Å²) in [4.78, 5) is 24.1. The number of thiophene rings is 1. The molecule has 1 aliphatic carbocycles. The number of ether oxygens (including phenoxy) is 1. The molecule has 1 heterocycles. The summed E-state index contributed by atoms with van der Waals surface area (Å²) in [6.45, 7) is 0.240. The quantitative estimate of drug-likeness (QED) is 0.757. The summed E-state index contributed by atoms with van der Waals surface area (Å²) in [5.74, 6) is -0.952. The average molecular weight is 311 g/mol. The maximum absolute atomic E-state index is 12.6. The number of carboxylic acids is 1. The molecule has 1 aliphatic rings. The Labute approximate surface area is 128 Å². The molecule has 0 bridgehead atoms. The van der Waals surface area contributed by atoms with Crippen LogP contribution in [0.4, 0.5) is 0 Å². The molecule has 0 radical (unpaired) electrons. The van der Waals surface area contributed by atoms with E-state index in [9.17, 15) is 9.59 Å². The molecule has 116 valence electrons. The predicted molar refractivity (Wildman–Crippen MR) is 80.5 cm³/mol. The van der Waals surface area contributed by atoms with Gasteiger partial charge in [0.1, 0.15) is 6.61 Å². The van der Waals surface area contributed by atoms with Gasteiger partial charge in [0.05, 0.1) is 12.0 Å². The van der Waals surface area contributed by atoms with E-state index in [1.54, 1.807) is 11.3 Å². The third-order valence-corrected chi connectivity index (χ3v) is 4.97. The zero-order chi connectivity index (χ0) is 15.1. The maximum Gasteiger partial charge on any atom is 0.329 e. The summed E-state index contributed by atoms with van der Waals surface area (Å²) in [7, 11) is 0. The van der Waals surface area contributed by atoms with Gasteiger partial charge in [-0.25, -0.2) is 4.79 Å². The smallest absolute Gasteiger partial charge is 0.329 e. The summed E-state index contributed by atoms with van der Waals surface area (Å²) in [6, 6.07) is 4.02. The fourth-order valence-corrected chi connectivity index (χ4v) is 3.84. The average Bonchev–Trinajstić information content (AvgIpc) is 3.01. The van der Waals surface area contributed by atoms with Gasteiger partial charge in [0.25, 0.3) is 0 Å². The summed E-state index contributed by atoms with van der Waals surface area (Å²) in [5, 5.41) is 13.4. The van der Waals surface area contributed by atoms with Crippen molar-refractivity contribution < 1.29 is 19.4 Å². The van der Waals surface area contributed by atoms with Crippen LogP contribution < -0.4 is 5.32 Å². The number of nitrogens with one attached hydrogen (secondary N) is 1. The molecule has 2 rings (SSSR count). The third kappa shape index (κ3) is 4.04. The van der Waals surface area contributed by atoms with Crippen molar-refractivity contribution in [2.45, 2.75) is 37.5 Å². The molecule has 2 N–H and O–H groups in total. The molecule has 0 unspecified atom stereocenters. The minimum absolute atomic E-state index is 0.0450. The molecule has 1 aromatic heterocycles. The highest BCUT2D eigenvalue weighted by atomic mass is 32.1. The Morgan fingerprint density at radius 2 is 2.10 bits per heavy atom. The summed E-state index contributed by atoms with van der Waals surface area (Å²) in [5.41, 5.74) is -0.404. The number of carbonyl (C=O) groups is 2. The van der Waals surface area contributed by atoms with Crippen LogP contribution in [0.3, 0.4) is 0 Å². The van der Waals surface area contributed by atoms with Gasteiger partial charge in [0.15, 0.2) is 0 Å². The Hall–Kier alpha value is -1.40. The first-order valence-electron chi connectivity index (χ1n) is 7.27. The van der Waals surface area contributed by atoms with Crippen LogP contribution in [0.2, 0.25) is 0 Å². The van der Waals surface area contributed by atoms with E-state index in [2.05, 4.69) is 5.32 Å². The van der Waals surface area contributed by atoms with Crippen molar-refractivity contribution in [3.8, 4) is 0 Å². The van der Waals surface area contributed by atoms with Gasteiger partial charge < -0.3 is 15.2 Å². The molecule has 1 fully saturated rings. The lowest BCUT2D eigenvalue weighted by atomic mass is 9.72. The Balaban J connectivity index is 1.91. The second kappa shape index (κ2) is 7.56. The number of aliphatic carboxylic acids is 1. The van der Waals surface area contributed by atoms with Crippen LogP contribution in [0, 0.1) is 0 Å². The lowest BCUT2D eigenvalue weighted by molar-refractivity contribution is -0.142. The Morgan fingerprint density at radius 1 is 1.33 bits per heavy atom. The SMILES string of the molecule is O=C(O)COCCNC(=O)C1(c2cccs2)CCCCC1. The normalized spacial score (nSPS) is 17.3. The number of rotatable bonds is 7. The van der Waals surface area contributed by atoms with Crippen molar-refractivity contribution in [1.29, 1.82) is 0 Å². The van der Waals surface area contributed by atoms with E-state index in [1.165, 1.54) is 6.42 Å². The highest BCUT2D eigenvalue weighted by molar-refractivity contribution is 7.10. The number of hydrogen-bond donors (Lipinski definition) is 2. The molecule has 0 aliphatic heterocycles. The molecule has 1 amide bonds. The number of carboxylic acid groups (broad SMARTS) is 1. The highest BCUT2D eigenvalue weighted by Crippen LogP contribution is 2.41. The van der Waals surface area contributed by atoms with E-state index in [1.807, 2.05) is 17.5 Å². The van der Waals surface area contributed by atoms with Gasteiger partial charge >= 0.3 is 5.97 Å². The molecule has 1 saturated carbocycles. The molecule has 1 aromatic rings. The molecule has 0 aromatic carbocycles. The molecule has 0 spiro atoms. The van der Waals surface area contributed by atoms with Crippen LogP contribution in [0.15, 0.2) is 17.5 Å². The number of amides is 1. The summed E-state index contributed by atoms with van der Waals surface area (Å²) in [6.07, 6.45) is 5.09. The molecule has 0 saturated heterocycles. The molecular weight excluding hydrogens is 290 g/mol. The van der Waals surface area contributed by atoms with E-state index in [0.29, 0.717) is 6.54 Å². The Bertz CT molecular complexity index is 466. The van der Waals surface area contributed by atoms with Gasteiger partial charge in [-0.2, -0.15) is 0 Å². The van der Waals surface area contributed by atoms with Crippen molar-refractivity contribution in [1.82, 2.24) is 5.32 Å². The monoisotopic (exact) mass is 311 g/mol. The van der Waals surface area contributed by atoms with Gasteiger partial charge in [-0.15, -0.1) is 11.3 Å². The molecule has 6 heteroatoms. The zero-order valence-corrected chi connectivity index (χ0v) is 12.8. The number of carbonyl (C=O) groups excluding carboxylic acids is 1. The first-order valence-corrected chi connectivity index (χ1v) is 8.15. The van der Waals surface area contributed by atoms with Crippen LogP contribution in [-0.4, -0.2) is 36.7 Å². The van der Waals surface area contributed by atoms with Crippen LogP contribution in [-0.2, 0) is 19.7 Å². The van der Waals surface area contributed by atoms with Crippen molar-refractivity contribution in [3.05, 3.63) is 22.4 Å². The van der Waals surface area contributed by atoms with Crippen molar-refractivity contribution in [3.63, 3.8) is 0 Å². The van der Waals surface area contributed by atoms with Crippen molar-refractivity contribution in [2.24, 2.45) is 0 Å². The van der Waals surface area contributed by atoms with Gasteiger partial charge in [0.2, 0.25) is 5.91 Å². The minimum atomic E-state index is -0.997. The fraction of sp³-hybridized carbons (Fsp3) is 0.600. The van der Waals surface area contributed by atoms with Gasteiger partial charge in [-0.1, -0.05) is 25.3 Å². The van der Waals surface area contributed by atoms with Crippen LogP contribution in [0.1, 0.15) is 37.0 Å². The lowest BCUT2D eigenvalue weighted by Gasteiger charge is -2.35. The van der Waals surface area contributed by atoms with E-state index in [4.69, 9.17) is 9.84 Å². The highest BCUT2D eigenvalue weighted by Gasteiger charge is 2.41. The summed E-state index contributed by atoms with van der Waals surface area (Å²) >= 11 is 1.63. The minimum Gasteiger partial charge on any atom is -0.480 e. The van der Waals surface area contributed by atoms with E-state index in [-0.39, 0.29) is 19.1 Å². The van der Waals surface area contributed by atoms with Crippen LogP contribution in [0.5, 0.6) is 0 Å². The maximum atomic E-state index is 12.6. The van der Waals surface area contributed by atoms with Crippen LogP contribution >= 0.6 is 11.3 Å². The van der Waals surface area contributed by atoms with E-state index < -0.39 is 11.4 Å². The van der Waals surface area contributed by atoms with Gasteiger partial charge in [-0.3, -0.25) is 4.79 Å². The van der Waals surface area contributed by atoms with Gasteiger partial charge in [0, 0.05) is 11.4 Å². The Kier molecular flexibility index (Phi) is 5.76. The van der Waals surface area contributed by atoms with E-state index in [0.717, 1.165) is 30.6 Å². The largest absolute Gasteiger partial charge is 0.480 e. The first-order chi connectivity index (χ1) is 10.1. The second-order valence-electron chi connectivity index (χ2n) is 5.32. The van der Waals surface area contributed by atoms with Gasteiger partial charge in [-0.05, 0) is 24.3 Å². The number of hydrogen-bond acceptors (Lipinski definition) is 4. The summed E-state index contributed by atoms with van der Waals surface area (Å²) < 4.78 is 4.94. The van der Waals surface area contributed by atoms with Crippen LogP contribution in [0.25, 0.3) is 0 Å². The molecule has 5 nitrogen and oxygen atoms in total. The lowest BCUT2D eigenvalue weighted by Crippen LogP contribution is -2.46. The standard InChI is InChI=1S/C15H21NO4S/c17-13(18)11-20-9-8-16-14(19)15(6-2-1-3-7-15)12-5-4-10-21-12/h4-5,10H,1-3,6-9,11H2,(H,16,19)(H,17,18). The topological polar surface area (TPSA) is 75.6 Å². The van der Waals surface area contributed by atoms with E-state index >= 15 is 0 Å². The molecular formula is C15H21NO4S. The fourth-order valence-electron chi connectivity index (χ4n) is 2.86. The molecule has 21 heavy (non-hydrogen) atoms. The van der Waals surface area contributed by atoms with Crippen molar-refractivity contribution in [2.75, 3.05) is 19.8 Å². The zero-order valence-electron chi connectivity index (χ0n) is 12.0. The Morgan fingerprint density at radius 3 is 2.71 bits per heavy atom. The first kappa shape index (κ1) is 16.0. The predicted octanol–water partition coefficient (Wildman–Crippen LogP) is 2.17.